The molecule has 0 atom stereocenters. The molecule has 4 nitrogen and oxygen atoms in total. The summed E-state index contributed by atoms with van der Waals surface area (Å²) in [5.74, 6) is 0. The predicted molar refractivity (Wildman–Crippen MR) is 79.6 cm³/mol. The van der Waals surface area contributed by atoms with E-state index in [0.717, 1.165) is 11.0 Å². The number of hydrogen-bond acceptors (Lipinski definition) is 3. The number of benzene rings is 1. The van der Waals surface area contributed by atoms with Crippen LogP contribution in [-0.2, 0) is 10.0 Å². The van der Waals surface area contributed by atoms with Gasteiger partial charge in [-0.1, -0.05) is 22.0 Å². The van der Waals surface area contributed by atoms with Gasteiger partial charge in [0, 0.05) is 29.6 Å². The molecule has 0 aliphatic carbocycles. The highest BCUT2D eigenvalue weighted by Crippen LogP contribution is 2.26. The van der Waals surface area contributed by atoms with Crippen molar-refractivity contribution < 1.29 is 8.42 Å². The zero-order chi connectivity index (χ0) is 14.3. The van der Waals surface area contributed by atoms with Crippen LogP contribution in [0.3, 0.4) is 0 Å². The maximum atomic E-state index is 12.6. The molecule has 19 heavy (non-hydrogen) atoms. The van der Waals surface area contributed by atoms with Gasteiger partial charge >= 0.3 is 0 Å². The van der Waals surface area contributed by atoms with E-state index >= 15 is 0 Å². The van der Waals surface area contributed by atoms with Gasteiger partial charge in [0.2, 0.25) is 10.0 Å². The van der Waals surface area contributed by atoms with Gasteiger partial charge in [-0.25, -0.2) is 8.42 Å². The Morgan fingerprint density at radius 3 is 2.53 bits per heavy atom. The molecule has 1 aromatic rings. The summed E-state index contributed by atoms with van der Waals surface area (Å²) in [6.07, 6.45) is 0. The number of rotatable bonds is 2. The Bertz CT molecular complexity index is 572. The van der Waals surface area contributed by atoms with Crippen molar-refractivity contribution in [3.63, 3.8) is 0 Å². The summed E-state index contributed by atoms with van der Waals surface area (Å²) < 4.78 is 27.6. The normalized spacial score (nSPS) is 21.5. The lowest BCUT2D eigenvalue weighted by Crippen LogP contribution is -2.58. The monoisotopic (exact) mass is 346 g/mol. The number of likely N-dealkylation sites (N-methyl/N-ethyl adjacent to an activating group) is 1. The first-order chi connectivity index (χ1) is 8.73. The minimum absolute atomic E-state index is 0.142. The van der Waals surface area contributed by atoms with Crippen molar-refractivity contribution in [3.8, 4) is 0 Å². The third-order valence-electron chi connectivity index (χ3n) is 3.72. The van der Waals surface area contributed by atoms with Crippen molar-refractivity contribution in [2.24, 2.45) is 0 Å². The highest BCUT2D eigenvalue weighted by atomic mass is 79.9. The molecule has 0 unspecified atom stereocenters. The molecule has 106 valence electrons. The minimum Gasteiger partial charge on any atom is -0.299 e. The molecule has 1 fully saturated rings. The molecule has 0 saturated carbocycles. The van der Waals surface area contributed by atoms with E-state index in [9.17, 15) is 8.42 Å². The van der Waals surface area contributed by atoms with E-state index in [1.807, 2.05) is 13.1 Å². The Kier molecular flexibility index (Phi) is 4.07. The number of halogens is 1. The average molecular weight is 347 g/mol. The second-order valence-corrected chi connectivity index (χ2v) is 8.38. The largest absolute Gasteiger partial charge is 0.299 e. The van der Waals surface area contributed by atoms with Crippen molar-refractivity contribution in [3.05, 3.63) is 28.7 Å². The van der Waals surface area contributed by atoms with E-state index in [4.69, 9.17) is 0 Å². The highest BCUT2D eigenvalue weighted by Gasteiger charge is 2.37. The molecule has 0 spiro atoms. The number of sulfonamides is 1. The Balaban J connectivity index is 2.31. The average Bonchev–Trinajstić information content (AvgIpc) is 2.32. The van der Waals surface area contributed by atoms with Gasteiger partial charge in [0.15, 0.2) is 0 Å². The lowest BCUT2D eigenvalue weighted by Gasteiger charge is -2.44. The molecule has 0 amide bonds. The van der Waals surface area contributed by atoms with Crippen LogP contribution in [0.1, 0.15) is 13.8 Å². The third kappa shape index (κ3) is 3.02. The molecule has 0 N–H and O–H groups in total. The van der Waals surface area contributed by atoms with Gasteiger partial charge in [-0.05, 0) is 39.1 Å². The molecule has 0 radical (unpaired) electrons. The van der Waals surface area contributed by atoms with Gasteiger partial charge in [0.1, 0.15) is 0 Å². The van der Waals surface area contributed by atoms with Crippen LogP contribution in [0.2, 0.25) is 0 Å². The van der Waals surface area contributed by atoms with E-state index in [1.54, 1.807) is 22.5 Å². The first-order valence-corrected chi connectivity index (χ1v) is 8.44. The molecule has 0 bridgehead atoms. The summed E-state index contributed by atoms with van der Waals surface area (Å²) in [5, 5.41) is 0. The van der Waals surface area contributed by atoms with E-state index in [1.165, 1.54) is 0 Å². The molecule has 1 heterocycles. The fraction of sp³-hybridized carbons (Fsp3) is 0.538. The van der Waals surface area contributed by atoms with Crippen molar-refractivity contribution in [2.45, 2.75) is 24.3 Å². The van der Waals surface area contributed by atoms with E-state index in [2.05, 4.69) is 34.7 Å². The second-order valence-electron chi connectivity index (χ2n) is 5.53. The van der Waals surface area contributed by atoms with Gasteiger partial charge in [0.05, 0.1) is 4.90 Å². The van der Waals surface area contributed by atoms with Crippen LogP contribution >= 0.6 is 15.9 Å². The van der Waals surface area contributed by atoms with Crippen molar-refractivity contribution >= 4 is 26.0 Å². The number of piperazine rings is 1. The van der Waals surface area contributed by atoms with Crippen LogP contribution in [0.4, 0.5) is 0 Å². The summed E-state index contributed by atoms with van der Waals surface area (Å²) in [6, 6.07) is 6.87. The van der Waals surface area contributed by atoms with Crippen molar-refractivity contribution in [1.82, 2.24) is 9.21 Å². The Labute approximate surface area is 123 Å². The van der Waals surface area contributed by atoms with Crippen LogP contribution in [0.15, 0.2) is 33.6 Å². The molecule has 1 aliphatic rings. The molecular formula is C13H19BrN2O2S. The van der Waals surface area contributed by atoms with Crippen molar-refractivity contribution in [1.29, 1.82) is 0 Å². The van der Waals surface area contributed by atoms with E-state index < -0.39 is 10.0 Å². The first kappa shape index (κ1) is 15.0. The van der Waals surface area contributed by atoms with Crippen LogP contribution in [0, 0.1) is 0 Å². The van der Waals surface area contributed by atoms with Crippen molar-refractivity contribution in [2.75, 3.05) is 26.7 Å². The Morgan fingerprint density at radius 1 is 1.26 bits per heavy atom. The van der Waals surface area contributed by atoms with E-state index in [0.29, 0.717) is 18.0 Å². The van der Waals surface area contributed by atoms with E-state index in [-0.39, 0.29) is 5.54 Å². The lowest BCUT2D eigenvalue weighted by atomic mass is 10.0. The first-order valence-electron chi connectivity index (χ1n) is 6.20. The van der Waals surface area contributed by atoms with Gasteiger partial charge in [-0.3, -0.25) is 4.90 Å². The summed E-state index contributed by atoms with van der Waals surface area (Å²) in [5.41, 5.74) is -0.142. The van der Waals surface area contributed by atoms with Gasteiger partial charge in [-0.2, -0.15) is 4.31 Å². The van der Waals surface area contributed by atoms with Crippen LogP contribution in [-0.4, -0.2) is 49.8 Å². The smallest absolute Gasteiger partial charge is 0.243 e. The topological polar surface area (TPSA) is 40.6 Å². The third-order valence-corrected chi connectivity index (χ3v) is 6.05. The predicted octanol–water partition coefficient (Wildman–Crippen LogP) is 2.16. The van der Waals surface area contributed by atoms with Crippen LogP contribution in [0.5, 0.6) is 0 Å². The number of hydrogen-bond donors (Lipinski definition) is 0. The number of nitrogens with zero attached hydrogens (tertiary/aromatic N) is 2. The van der Waals surface area contributed by atoms with Crippen LogP contribution < -0.4 is 0 Å². The quantitative estimate of drug-likeness (QED) is 0.823. The summed E-state index contributed by atoms with van der Waals surface area (Å²) in [6.45, 7) is 5.93. The van der Waals surface area contributed by atoms with Crippen LogP contribution in [0.25, 0.3) is 0 Å². The second kappa shape index (κ2) is 5.16. The Morgan fingerprint density at radius 2 is 1.95 bits per heavy atom. The minimum atomic E-state index is -3.40. The summed E-state index contributed by atoms with van der Waals surface area (Å²) in [4.78, 5) is 2.54. The fourth-order valence-corrected chi connectivity index (χ4v) is 4.36. The molecule has 1 aromatic carbocycles. The fourth-order valence-electron chi connectivity index (χ4n) is 2.18. The molecule has 1 saturated heterocycles. The molecular weight excluding hydrogens is 328 g/mol. The van der Waals surface area contributed by atoms with Gasteiger partial charge in [0.25, 0.3) is 0 Å². The SMILES string of the molecule is CN1CCN(S(=O)(=O)c2cccc(Br)c2)CC1(C)C. The molecule has 6 heteroatoms. The molecule has 2 rings (SSSR count). The maximum absolute atomic E-state index is 12.6. The zero-order valence-corrected chi connectivity index (χ0v) is 13.8. The van der Waals surface area contributed by atoms with Gasteiger partial charge in [-0.15, -0.1) is 0 Å². The van der Waals surface area contributed by atoms with Gasteiger partial charge < -0.3 is 0 Å². The molecule has 0 aromatic heterocycles. The highest BCUT2D eigenvalue weighted by molar-refractivity contribution is 9.10. The standard InChI is InChI=1S/C13H19BrN2O2S/c1-13(2)10-16(8-7-15(13)3)19(17,18)12-6-4-5-11(14)9-12/h4-6,9H,7-8,10H2,1-3H3. The zero-order valence-electron chi connectivity index (χ0n) is 11.4. The Hall–Kier alpha value is -0.430. The lowest BCUT2D eigenvalue weighted by molar-refractivity contribution is 0.0801. The molecule has 1 aliphatic heterocycles. The summed E-state index contributed by atoms with van der Waals surface area (Å²) in [7, 11) is -1.37. The maximum Gasteiger partial charge on any atom is 0.243 e. The summed E-state index contributed by atoms with van der Waals surface area (Å²) >= 11 is 3.32.